The second-order valence-electron chi connectivity index (χ2n) is 8.62. The molecule has 1 aromatic heterocycles. The lowest BCUT2D eigenvalue weighted by Gasteiger charge is -2.40. The Kier molecular flexibility index (Phi) is 6.06. The van der Waals surface area contributed by atoms with Crippen molar-refractivity contribution in [2.75, 3.05) is 37.0 Å². The molecule has 0 radical (unpaired) electrons. The van der Waals surface area contributed by atoms with E-state index in [4.69, 9.17) is 11.6 Å². The van der Waals surface area contributed by atoms with Crippen LogP contribution in [0.4, 0.5) is 16.3 Å². The van der Waals surface area contributed by atoms with Crippen LogP contribution >= 0.6 is 11.6 Å². The van der Waals surface area contributed by atoms with E-state index in [-0.39, 0.29) is 17.6 Å². The number of methoxy groups -OCH3 is 1. The number of aliphatic hydroxyl groups is 1. The minimum Gasteiger partial charge on any atom is -0.453 e. The summed E-state index contributed by atoms with van der Waals surface area (Å²) in [6.07, 6.45) is 6.65. The average molecular weight is 437 g/mol. The molecule has 0 aromatic carbocycles. The number of hydrogen-bond donors (Lipinski definition) is 2. The molecule has 2 aliphatic heterocycles. The van der Waals surface area contributed by atoms with Gasteiger partial charge in [0.25, 0.3) is 0 Å². The highest BCUT2D eigenvalue weighted by molar-refractivity contribution is 6.33. The lowest BCUT2D eigenvalue weighted by atomic mass is 9.77. The van der Waals surface area contributed by atoms with Crippen molar-refractivity contribution in [2.45, 2.75) is 57.1 Å². The van der Waals surface area contributed by atoms with Gasteiger partial charge in [-0.2, -0.15) is 0 Å². The molecular weight excluding hydrogens is 408 g/mol. The monoisotopic (exact) mass is 436 g/mol. The zero-order valence-electron chi connectivity index (χ0n) is 17.3. The lowest BCUT2D eigenvalue weighted by Crippen LogP contribution is -2.47. The number of likely N-dealkylation sites (tertiary alicyclic amines) is 1. The first-order valence-corrected chi connectivity index (χ1v) is 11.0. The molecular formula is C21H29ClN4O4. The Morgan fingerprint density at radius 1 is 1.23 bits per heavy atom. The van der Waals surface area contributed by atoms with E-state index in [0.29, 0.717) is 22.4 Å². The van der Waals surface area contributed by atoms with E-state index in [0.717, 1.165) is 64.6 Å². The van der Waals surface area contributed by atoms with Crippen molar-refractivity contribution >= 4 is 35.1 Å². The minimum atomic E-state index is -0.572. The van der Waals surface area contributed by atoms with E-state index >= 15 is 0 Å². The Balaban J connectivity index is 1.38. The summed E-state index contributed by atoms with van der Waals surface area (Å²) in [6, 6.07) is 1.94. The van der Waals surface area contributed by atoms with Gasteiger partial charge >= 0.3 is 6.09 Å². The smallest absolute Gasteiger partial charge is 0.411 e. The van der Waals surface area contributed by atoms with Gasteiger partial charge in [0.1, 0.15) is 5.82 Å². The zero-order chi connectivity index (χ0) is 21.3. The van der Waals surface area contributed by atoms with Gasteiger partial charge in [-0.05, 0) is 51.0 Å². The molecule has 3 fully saturated rings. The van der Waals surface area contributed by atoms with E-state index in [1.807, 2.05) is 0 Å². The Morgan fingerprint density at radius 2 is 1.90 bits per heavy atom. The van der Waals surface area contributed by atoms with E-state index in [1.54, 1.807) is 12.3 Å². The van der Waals surface area contributed by atoms with Crippen LogP contribution in [0.3, 0.4) is 0 Å². The molecule has 3 heterocycles. The molecule has 2 N–H and O–H groups in total. The highest BCUT2D eigenvalue weighted by atomic mass is 35.5. The van der Waals surface area contributed by atoms with Gasteiger partial charge in [0.15, 0.2) is 0 Å². The van der Waals surface area contributed by atoms with Crippen molar-refractivity contribution in [3.8, 4) is 0 Å². The van der Waals surface area contributed by atoms with Gasteiger partial charge in [0, 0.05) is 25.7 Å². The van der Waals surface area contributed by atoms with Gasteiger partial charge < -0.3 is 19.6 Å². The standard InChI is InChI=1S/C21H29ClN4O4/c1-30-20(29)24-14-12-17(22)18(23-13-14)25-9-6-21(7-10-25)8-11-26(19(21)28)15-2-4-16(27)5-3-15/h12-13,15-16,27H,2-11H2,1H3,(H,24,29). The number of hydrogen-bond acceptors (Lipinski definition) is 6. The number of nitrogens with one attached hydrogen (secondary N) is 1. The van der Waals surface area contributed by atoms with Crippen LogP contribution in [0.25, 0.3) is 0 Å². The van der Waals surface area contributed by atoms with Gasteiger partial charge in [-0.1, -0.05) is 11.6 Å². The van der Waals surface area contributed by atoms with Gasteiger partial charge in [0.05, 0.1) is 35.5 Å². The summed E-state index contributed by atoms with van der Waals surface area (Å²) in [5, 5.41) is 12.8. The number of halogens is 1. The summed E-state index contributed by atoms with van der Waals surface area (Å²) in [5.74, 6) is 0.964. The first kappa shape index (κ1) is 21.2. The number of carbonyl (C=O) groups is 2. The maximum absolute atomic E-state index is 13.3. The number of ether oxygens (including phenoxy) is 1. The zero-order valence-corrected chi connectivity index (χ0v) is 18.0. The van der Waals surface area contributed by atoms with Crippen molar-refractivity contribution in [1.82, 2.24) is 9.88 Å². The number of anilines is 2. The Labute approximate surface area is 181 Å². The first-order valence-electron chi connectivity index (χ1n) is 10.7. The van der Waals surface area contributed by atoms with E-state index in [9.17, 15) is 14.7 Å². The lowest BCUT2D eigenvalue weighted by molar-refractivity contribution is -0.139. The van der Waals surface area contributed by atoms with Crippen molar-refractivity contribution in [2.24, 2.45) is 5.41 Å². The molecule has 2 saturated heterocycles. The second kappa shape index (κ2) is 8.59. The van der Waals surface area contributed by atoms with Crippen molar-refractivity contribution in [3.63, 3.8) is 0 Å². The fourth-order valence-corrected chi connectivity index (χ4v) is 5.36. The molecule has 1 saturated carbocycles. The maximum Gasteiger partial charge on any atom is 0.411 e. The third-order valence-electron chi connectivity index (χ3n) is 6.93. The van der Waals surface area contributed by atoms with Crippen LogP contribution in [0, 0.1) is 5.41 Å². The van der Waals surface area contributed by atoms with E-state index in [2.05, 4.69) is 24.8 Å². The minimum absolute atomic E-state index is 0.206. The van der Waals surface area contributed by atoms with Gasteiger partial charge in [-0.3, -0.25) is 10.1 Å². The van der Waals surface area contributed by atoms with Crippen LogP contribution in [-0.4, -0.2) is 65.9 Å². The fraction of sp³-hybridized carbons (Fsp3) is 0.667. The molecule has 9 heteroatoms. The number of amides is 2. The molecule has 1 aliphatic carbocycles. The maximum atomic E-state index is 13.3. The number of nitrogens with zero attached hydrogens (tertiary/aromatic N) is 3. The third-order valence-corrected chi connectivity index (χ3v) is 7.20. The molecule has 3 aliphatic rings. The number of pyridine rings is 1. The summed E-state index contributed by atoms with van der Waals surface area (Å²) < 4.78 is 4.58. The summed E-state index contributed by atoms with van der Waals surface area (Å²) in [5.41, 5.74) is 0.203. The quantitative estimate of drug-likeness (QED) is 0.756. The average Bonchev–Trinajstić information content (AvgIpc) is 3.05. The molecule has 1 aromatic rings. The highest BCUT2D eigenvalue weighted by Crippen LogP contribution is 2.44. The highest BCUT2D eigenvalue weighted by Gasteiger charge is 2.50. The molecule has 0 unspecified atom stereocenters. The summed E-state index contributed by atoms with van der Waals surface area (Å²) in [7, 11) is 1.30. The fourth-order valence-electron chi connectivity index (χ4n) is 5.08. The number of aromatic nitrogens is 1. The van der Waals surface area contributed by atoms with Gasteiger partial charge in [-0.25, -0.2) is 9.78 Å². The molecule has 1 spiro atoms. The normalized spacial score (nSPS) is 26.2. The molecule has 0 bridgehead atoms. The molecule has 30 heavy (non-hydrogen) atoms. The predicted molar refractivity (Wildman–Crippen MR) is 114 cm³/mol. The molecule has 8 nitrogen and oxygen atoms in total. The van der Waals surface area contributed by atoms with Crippen molar-refractivity contribution in [3.05, 3.63) is 17.3 Å². The van der Waals surface area contributed by atoms with Crippen LogP contribution in [0.5, 0.6) is 0 Å². The van der Waals surface area contributed by atoms with Crippen LogP contribution in [0.1, 0.15) is 44.9 Å². The van der Waals surface area contributed by atoms with E-state index in [1.165, 1.54) is 7.11 Å². The largest absolute Gasteiger partial charge is 0.453 e. The molecule has 164 valence electrons. The number of rotatable bonds is 3. The second-order valence-corrected chi connectivity index (χ2v) is 9.03. The summed E-state index contributed by atoms with van der Waals surface area (Å²) >= 11 is 6.41. The van der Waals surface area contributed by atoms with Crippen molar-refractivity contribution in [1.29, 1.82) is 0 Å². The number of piperidine rings is 1. The summed E-state index contributed by atoms with van der Waals surface area (Å²) in [6.45, 7) is 2.27. The van der Waals surface area contributed by atoms with Gasteiger partial charge in [-0.15, -0.1) is 0 Å². The predicted octanol–water partition coefficient (Wildman–Crippen LogP) is 3.04. The Bertz CT molecular complexity index is 804. The Morgan fingerprint density at radius 3 is 2.53 bits per heavy atom. The van der Waals surface area contributed by atoms with Crippen LogP contribution in [0.2, 0.25) is 5.02 Å². The SMILES string of the molecule is COC(=O)Nc1cnc(N2CCC3(CC2)CCN(C2CCC(O)CC2)C3=O)c(Cl)c1. The van der Waals surface area contributed by atoms with Crippen LogP contribution < -0.4 is 10.2 Å². The van der Waals surface area contributed by atoms with Crippen LogP contribution in [-0.2, 0) is 9.53 Å². The number of aliphatic hydroxyl groups excluding tert-OH is 1. The molecule has 0 atom stereocenters. The number of carbonyl (C=O) groups excluding carboxylic acids is 2. The molecule has 4 rings (SSSR count). The Hall–Kier alpha value is -2.06. The first-order chi connectivity index (χ1) is 14.4. The third kappa shape index (κ3) is 4.07. The van der Waals surface area contributed by atoms with Crippen LogP contribution in [0.15, 0.2) is 12.3 Å². The van der Waals surface area contributed by atoms with Gasteiger partial charge in [0.2, 0.25) is 5.91 Å². The summed E-state index contributed by atoms with van der Waals surface area (Å²) in [4.78, 5) is 33.3. The van der Waals surface area contributed by atoms with Crippen molar-refractivity contribution < 1.29 is 19.4 Å². The van der Waals surface area contributed by atoms with E-state index < -0.39 is 6.09 Å². The molecule has 2 amide bonds. The topological polar surface area (TPSA) is 95.0 Å².